The first-order chi connectivity index (χ1) is 9.04. The molecule has 0 aliphatic heterocycles. The van der Waals surface area contributed by atoms with Crippen LogP contribution in [0.15, 0.2) is 0 Å². The van der Waals surface area contributed by atoms with Crippen molar-refractivity contribution < 1.29 is 19.5 Å². The first-order valence-electron chi connectivity index (χ1n) is 7.09. The largest absolute Gasteiger partial charge is 0.480 e. The van der Waals surface area contributed by atoms with Crippen LogP contribution in [0.25, 0.3) is 0 Å². The van der Waals surface area contributed by atoms with Crippen LogP contribution in [-0.4, -0.2) is 28.8 Å². The topological polar surface area (TPSA) is 83.5 Å². The lowest BCUT2D eigenvalue weighted by atomic mass is 9.88. The van der Waals surface area contributed by atoms with Gasteiger partial charge in [0.1, 0.15) is 11.8 Å². The lowest BCUT2D eigenvalue weighted by molar-refractivity contribution is -0.143. The van der Waals surface area contributed by atoms with Crippen molar-refractivity contribution in [1.29, 1.82) is 0 Å². The number of carbonyl (C=O) groups is 3. The van der Waals surface area contributed by atoms with Crippen LogP contribution in [0.4, 0.5) is 0 Å². The molecule has 0 spiro atoms. The summed E-state index contributed by atoms with van der Waals surface area (Å²) < 4.78 is 0. The molecule has 5 nitrogen and oxygen atoms in total. The van der Waals surface area contributed by atoms with Crippen molar-refractivity contribution in [3.8, 4) is 0 Å². The van der Waals surface area contributed by atoms with E-state index in [1.807, 2.05) is 0 Å². The molecule has 1 aliphatic rings. The Kier molecular flexibility index (Phi) is 6.53. The minimum Gasteiger partial charge on any atom is -0.480 e. The summed E-state index contributed by atoms with van der Waals surface area (Å²) >= 11 is 0. The van der Waals surface area contributed by atoms with Crippen molar-refractivity contribution in [1.82, 2.24) is 5.32 Å². The smallest absolute Gasteiger partial charge is 0.326 e. The van der Waals surface area contributed by atoms with Crippen LogP contribution in [0.3, 0.4) is 0 Å². The van der Waals surface area contributed by atoms with E-state index >= 15 is 0 Å². The lowest BCUT2D eigenvalue weighted by Gasteiger charge is -2.23. The summed E-state index contributed by atoms with van der Waals surface area (Å²) in [5, 5.41) is 11.7. The summed E-state index contributed by atoms with van der Waals surface area (Å²) in [7, 11) is 0. The fourth-order valence-electron chi connectivity index (χ4n) is 2.39. The Morgan fingerprint density at radius 1 is 1.21 bits per heavy atom. The molecule has 19 heavy (non-hydrogen) atoms. The predicted molar refractivity (Wildman–Crippen MR) is 70.7 cm³/mol. The molecule has 1 amide bonds. The molecular formula is C14H23NO4. The Balaban J connectivity index is 2.45. The van der Waals surface area contributed by atoms with E-state index in [9.17, 15) is 14.4 Å². The van der Waals surface area contributed by atoms with E-state index in [1.165, 1.54) is 0 Å². The van der Waals surface area contributed by atoms with Gasteiger partial charge in [-0.2, -0.15) is 0 Å². The van der Waals surface area contributed by atoms with E-state index in [0.29, 0.717) is 6.42 Å². The third-order valence-corrected chi connectivity index (χ3v) is 3.70. The molecule has 0 heterocycles. The van der Waals surface area contributed by atoms with Crippen LogP contribution in [0.2, 0.25) is 0 Å². The number of Topliss-reactive ketones (excluding diaryl/α,β-unsaturated/α-hetero) is 1. The average Bonchev–Trinajstić information content (AvgIpc) is 2.43. The number of amides is 1. The van der Waals surface area contributed by atoms with Gasteiger partial charge in [-0.15, -0.1) is 0 Å². The van der Waals surface area contributed by atoms with Crippen LogP contribution in [-0.2, 0) is 14.4 Å². The summed E-state index contributed by atoms with van der Waals surface area (Å²) in [5.41, 5.74) is 0. The van der Waals surface area contributed by atoms with Gasteiger partial charge in [0, 0.05) is 18.8 Å². The second-order valence-electron chi connectivity index (χ2n) is 5.17. The fourth-order valence-corrected chi connectivity index (χ4v) is 2.39. The molecule has 5 heteroatoms. The van der Waals surface area contributed by atoms with E-state index < -0.39 is 12.0 Å². The quantitative estimate of drug-likeness (QED) is 0.739. The summed E-state index contributed by atoms with van der Waals surface area (Å²) in [6.07, 6.45) is 5.69. The molecule has 0 saturated heterocycles. The highest BCUT2D eigenvalue weighted by Gasteiger charge is 2.26. The highest BCUT2D eigenvalue weighted by Crippen LogP contribution is 2.23. The third kappa shape index (κ3) is 5.41. The van der Waals surface area contributed by atoms with Crippen molar-refractivity contribution in [2.45, 2.75) is 64.3 Å². The Labute approximate surface area is 113 Å². The van der Waals surface area contributed by atoms with Gasteiger partial charge < -0.3 is 10.4 Å². The van der Waals surface area contributed by atoms with Gasteiger partial charge in [-0.1, -0.05) is 26.2 Å². The molecule has 2 N–H and O–H groups in total. The van der Waals surface area contributed by atoms with Crippen molar-refractivity contribution in [2.24, 2.45) is 5.92 Å². The monoisotopic (exact) mass is 269 g/mol. The van der Waals surface area contributed by atoms with Crippen molar-refractivity contribution in [3.63, 3.8) is 0 Å². The van der Waals surface area contributed by atoms with Crippen molar-refractivity contribution >= 4 is 17.7 Å². The van der Waals surface area contributed by atoms with Crippen LogP contribution < -0.4 is 5.32 Å². The van der Waals surface area contributed by atoms with Gasteiger partial charge in [0.2, 0.25) is 5.91 Å². The number of carbonyl (C=O) groups excluding carboxylic acids is 2. The standard InChI is InChI=1S/C14H23NO4/c1-2-11(16)8-9-12(14(18)19)15-13(17)10-6-4-3-5-7-10/h10,12H,2-9H2,1H3,(H,15,17)(H,18,19)/t12-/m0/s1. The van der Waals surface area contributed by atoms with Gasteiger partial charge in [0.15, 0.2) is 0 Å². The molecule has 0 aromatic heterocycles. The normalized spacial score (nSPS) is 17.7. The van der Waals surface area contributed by atoms with Gasteiger partial charge in [-0.25, -0.2) is 4.79 Å². The van der Waals surface area contributed by atoms with E-state index in [0.717, 1.165) is 32.1 Å². The minimum absolute atomic E-state index is 0.0261. The number of ketones is 1. The summed E-state index contributed by atoms with van der Waals surface area (Å²) in [6.45, 7) is 1.75. The van der Waals surface area contributed by atoms with Crippen LogP contribution in [0, 0.1) is 5.92 Å². The number of hydrogen-bond donors (Lipinski definition) is 2. The zero-order chi connectivity index (χ0) is 14.3. The predicted octanol–water partition coefficient (Wildman–Crippen LogP) is 1.90. The number of nitrogens with one attached hydrogen (secondary N) is 1. The minimum atomic E-state index is -1.06. The Bertz CT molecular complexity index is 334. The van der Waals surface area contributed by atoms with E-state index in [4.69, 9.17) is 5.11 Å². The molecule has 0 unspecified atom stereocenters. The molecule has 1 saturated carbocycles. The van der Waals surface area contributed by atoms with Crippen molar-refractivity contribution in [2.75, 3.05) is 0 Å². The molecule has 1 rings (SSSR count). The molecule has 0 radical (unpaired) electrons. The second kappa shape index (κ2) is 7.92. The summed E-state index contributed by atoms with van der Waals surface area (Å²) in [6, 6.07) is -0.940. The van der Waals surface area contributed by atoms with Gasteiger partial charge in [-0.3, -0.25) is 9.59 Å². The average molecular weight is 269 g/mol. The Morgan fingerprint density at radius 2 is 1.84 bits per heavy atom. The summed E-state index contributed by atoms with van der Waals surface area (Å²) in [5.74, 6) is -1.26. The van der Waals surface area contributed by atoms with Crippen molar-refractivity contribution in [3.05, 3.63) is 0 Å². The molecular weight excluding hydrogens is 246 g/mol. The van der Waals surface area contributed by atoms with E-state index in [2.05, 4.69) is 5.32 Å². The molecule has 0 bridgehead atoms. The Hall–Kier alpha value is -1.39. The number of carboxylic acid groups (broad SMARTS) is 1. The Morgan fingerprint density at radius 3 is 2.37 bits per heavy atom. The lowest BCUT2D eigenvalue weighted by Crippen LogP contribution is -2.44. The first kappa shape index (κ1) is 15.7. The zero-order valence-corrected chi connectivity index (χ0v) is 11.5. The number of hydrogen-bond acceptors (Lipinski definition) is 3. The molecule has 1 aliphatic carbocycles. The molecule has 0 aromatic carbocycles. The van der Waals surface area contributed by atoms with Gasteiger partial charge in [0.05, 0.1) is 0 Å². The highest BCUT2D eigenvalue weighted by atomic mass is 16.4. The second-order valence-corrected chi connectivity index (χ2v) is 5.17. The third-order valence-electron chi connectivity index (χ3n) is 3.70. The van der Waals surface area contributed by atoms with E-state index in [1.54, 1.807) is 6.92 Å². The number of aliphatic carboxylic acids is 1. The molecule has 1 fully saturated rings. The number of carboxylic acids is 1. The van der Waals surface area contributed by atoms with E-state index in [-0.39, 0.29) is 30.4 Å². The zero-order valence-electron chi connectivity index (χ0n) is 11.5. The van der Waals surface area contributed by atoms with Crippen LogP contribution in [0.5, 0.6) is 0 Å². The molecule has 108 valence electrons. The maximum atomic E-state index is 12.0. The van der Waals surface area contributed by atoms with Gasteiger partial charge in [0.25, 0.3) is 0 Å². The summed E-state index contributed by atoms with van der Waals surface area (Å²) in [4.78, 5) is 34.3. The fraction of sp³-hybridized carbons (Fsp3) is 0.786. The maximum absolute atomic E-state index is 12.0. The van der Waals surface area contributed by atoms with Crippen LogP contribution >= 0.6 is 0 Å². The van der Waals surface area contributed by atoms with Gasteiger partial charge in [-0.05, 0) is 19.3 Å². The molecule has 0 aromatic rings. The van der Waals surface area contributed by atoms with Gasteiger partial charge >= 0.3 is 5.97 Å². The highest BCUT2D eigenvalue weighted by molar-refractivity contribution is 5.85. The molecule has 1 atom stereocenters. The SMILES string of the molecule is CCC(=O)CC[C@H](NC(=O)C1CCCCC1)C(=O)O. The first-order valence-corrected chi connectivity index (χ1v) is 7.09. The van der Waals surface area contributed by atoms with Crippen LogP contribution in [0.1, 0.15) is 58.3 Å². The maximum Gasteiger partial charge on any atom is 0.326 e. The number of rotatable bonds is 7.